The molecule has 0 N–H and O–H groups in total. The standard InChI is InChI=1S/C17H28O4/c1-16(2,3)20-14(18)12-10-7-8-11(9-10)13(12)15(19)21-17(4,5)6/h10-13H,7-9H2,1-6H3/t10?,11?,12-,13+. The summed E-state index contributed by atoms with van der Waals surface area (Å²) in [6.07, 6.45) is 3.00. The van der Waals surface area contributed by atoms with Gasteiger partial charge in [0.15, 0.2) is 0 Å². The lowest BCUT2D eigenvalue weighted by molar-refractivity contribution is -0.175. The number of rotatable bonds is 2. The van der Waals surface area contributed by atoms with E-state index in [0.717, 1.165) is 19.3 Å². The molecule has 0 aromatic heterocycles. The second-order valence-corrected chi connectivity index (χ2v) is 8.45. The molecule has 120 valence electrons. The van der Waals surface area contributed by atoms with Crippen molar-refractivity contribution in [3.8, 4) is 0 Å². The van der Waals surface area contributed by atoms with E-state index in [0.29, 0.717) is 0 Å². The molecule has 0 saturated heterocycles. The van der Waals surface area contributed by atoms with Crippen molar-refractivity contribution in [3.05, 3.63) is 0 Å². The summed E-state index contributed by atoms with van der Waals surface area (Å²) in [7, 11) is 0. The predicted octanol–water partition coefficient (Wildman–Crippen LogP) is 3.33. The van der Waals surface area contributed by atoms with Crippen LogP contribution in [0.1, 0.15) is 60.8 Å². The molecule has 2 fully saturated rings. The Morgan fingerprint density at radius 2 is 1.10 bits per heavy atom. The number of hydrogen-bond acceptors (Lipinski definition) is 4. The molecule has 0 radical (unpaired) electrons. The van der Waals surface area contributed by atoms with Crippen LogP contribution in [0.3, 0.4) is 0 Å². The minimum absolute atomic E-state index is 0.231. The van der Waals surface area contributed by atoms with Gasteiger partial charge in [0, 0.05) is 0 Å². The van der Waals surface area contributed by atoms with Gasteiger partial charge < -0.3 is 9.47 Å². The molecule has 0 aromatic rings. The number of hydrogen-bond donors (Lipinski definition) is 0. The average molecular weight is 296 g/mol. The minimum Gasteiger partial charge on any atom is -0.460 e. The quantitative estimate of drug-likeness (QED) is 0.733. The molecule has 2 saturated carbocycles. The molecule has 2 aliphatic rings. The van der Waals surface area contributed by atoms with Crippen LogP contribution in [-0.2, 0) is 19.1 Å². The van der Waals surface area contributed by atoms with Crippen LogP contribution in [-0.4, -0.2) is 23.1 Å². The van der Waals surface area contributed by atoms with Crippen LogP contribution in [0.15, 0.2) is 0 Å². The van der Waals surface area contributed by atoms with E-state index in [1.807, 2.05) is 41.5 Å². The molecular formula is C17H28O4. The number of ether oxygens (including phenoxy) is 2. The zero-order valence-electron chi connectivity index (χ0n) is 14.1. The van der Waals surface area contributed by atoms with Gasteiger partial charge in [-0.2, -0.15) is 0 Å². The summed E-state index contributed by atoms with van der Waals surface area (Å²) >= 11 is 0. The van der Waals surface area contributed by atoms with Gasteiger partial charge in [-0.25, -0.2) is 0 Å². The highest BCUT2D eigenvalue weighted by Gasteiger charge is 2.56. The van der Waals surface area contributed by atoms with Gasteiger partial charge in [-0.1, -0.05) is 0 Å². The van der Waals surface area contributed by atoms with Gasteiger partial charge in [0.2, 0.25) is 0 Å². The van der Waals surface area contributed by atoms with E-state index in [2.05, 4.69) is 0 Å². The molecule has 21 heavy (non-hydrogen) atoms. The van der Waals surface area contributed by atoms with E-state index in [-0.39, 0.29) is 35.6 Å². The van der Waals surface area contributed by atoms with E-state index >= 15 is 0 Å². The van der Waals surface area contributed by atoms with Crippen molar-refractivity contribution < 1.29 is 19.1 Å². The molecule has 2 rings (SSSR count). The maximum Gasteiger partial charge on any atom is 0.310 e. The van der Waals surface area contributed by atoms with Gasteiger partial charge in [-0.05, 0) is 72.6 Å². The Balaban J connectivity index is 2.14. The Kier molecular flexibility index (Phi) is 4.11. The first-order chi connectivity index (χ1) is 9.48. The Morgan fingerprint density at radius 1 is 0.762 bits per heavy atom. The third-order valence-electron chi connectivity index (χ3n) is 4.27. The Morgan fingerprint density at radius 3 is 1.38 bits per heavy atom. The van der Waals surface area contributed by atoms with Gasteiger partial charge in [0.05, 0.1) is 11.8 Å². The van der Waals surface area contributed by atoms with Gasteiger partial charge in [-0.3, -0.25) is 9.59 Å². The summed E-state index contributed by atoms with van der Waals surface area (Å²) in [6, 6.07) is 0. The number of carbonyl (C=O) groups is 2. The summed E-state index contributed by atoms with van der Waals surface area (Å²) in [4.78, 5) is 25.0. The van der Waals surface area contributed by atoms with E-state index in [1.165, 1.54) is 0 Å². The average Bonchev–Trinajstić information content (AvgIpc) is 2.82. The van der Waals surface area contributed by atoms with Crippen LogP contribution >= 0.6 is 0 Å². The summed E-state index contributed by atoms with van der Waals surface area (Å²) in [6.45, 7) is 11.2. The monoisotopic (exact) mass is 296 g/mol. The summed E-state index contributed by atoms with van der Waals surface area (Å²) in [5.74, 6) is -0.545. The van der Waals surface area contributed by atoms with Crippen molar-refractivity contribution in [3.63, 3.8) is 0 Å². The Bertz CT molecular complexity index is 387. The number of carbonyl (C=O) groups excluding carboxylic acids is 2. The Hall–Kier alpha value is -1.06. The maximum atomic E-state index is 12.5. The highest BCUT2D eigenvalue weighted by molar-refractivity contribution is 5.84. The third-order valence-corrected chi connectivity index (χ3v) is 4.27. The maximum absolute atomic E-state index is 12.5. The first-order valence-electron chi connectivity index (χ1n) is 7.94. The molecule has 0 aromatic carbocycles. The van der Waals surface area contributed by atoms with Gasteiger partial charge in [0.25, 0.3) is 0 Å². The second-order valence-electron chi connectivity index (χ2n) is 8.45. The van der Waals surface area contributed by atoms with Gasteiger partial charge in [-0.15, -0.1) is 0 Å². The van der Waals surface area contributed by atoms with Gasteiger partial charge in [0.1, 0.15) is 11.2 Å². The Labute approximate surface area is 127 Å². The van der Waals surface area contributed by atoms with Crippen molar-refractivity contribution in [2.45, 2.75) is 72.0 Å². The van der Waals surface area contributed by atoms with Crippen molar-refractivity contribution in [2.24, 2.45) is 23.7 Å². The topological polar surface area (TPSA) is 52.6 Å². The van der Waals surface area contributed by atoms with Crippen LogP contribution in [0.2, 0.25) is 0 Å². The van der Waals surface area contributed by atoms with Crippen LogP contribution < -0.4 is 0 Å². The lowest BCUT2D eigenvalue weighted by Crippen LogP contribution is -2.41. The minimum atomic E-state index is -0.516. The highest BCUT2D eigenvalue weighted by Crippen LogP contribution is 2.53. The second kappa shape index (κ2) is 5.29. The largest absolute Gasteiger partial charge is 0.460 e. The molecular weight excluding hydrogens is 268 g/mol. The lowest BCUT2D eigenvalue weighted by atomic mass is 9.79. The molecule has 4 nitrogen and oxygen atoms in total. The zero-order valence-corrected chi connectivity index (χ0v) is 14.1. The summed E-state index contributed by atoms with van der Waals surface area (Å²) < 4.78 is 11.1. The van der Waals surface area contributed by atoms with Crippen LogP contribution in [0.4, 0.5) is 0 Å². The lowest BCUT2D eigenvalue weighted by Gasteiger charge is -2.32. The van der Waals surface area contributed by atoms with Crippen molar-refractivity contribution in [2.75, 3.05) is 0 Å². The molecule has 4 atom stereocenters. The number of esters is 2. The number of fused-ring (bicyclic) bond motifs is 2. The molecule has 2 unspecified atom stereocenters. The van der Waals surface area contributed by atoms with E-state index in [1.54, 1.807) is 0 Å². The highest BCUT2D eigenvalue weighted by atomic mass is 16.6. The van der Waals surface area contributed by atoms with Crippen molar-refractivity contribution in [1.29, 1.82) is 0 Å². The van der Waals surface area contributed by atoms with Crippen molar-refractivity contribution >= 4 is 11.9 Å². The van der Waals surface area contributed by atoms with E-state index < -0.39 is 11.2 Å². The fourth-order valence-corrected chi connectivity index (χ4v) is 3.71. The van der Waals surface area contributed by atoms with E-state index in [9.17, 15) is 9.59 Å². The molecule has 2 aliphatic carbocycles. The van der Waals surface area contributed by atoms with Crippen molar-refractivity contribution in [1.82, 2.24) is 0 Å². The van der Waals surface area contributed by atoms with Crippen LogP contribution in [0, 0.1) is 23.7 Å². The fraction of sp³-hybridized carbons (Fsp3) is 0.882. The van der Waals surface area contributed by atoms with Crippen LogP contribution in [0.5, 0.6) is 0 Å². The summed E-state index contributed by atoms with van der Waals surface area (Å²) in [5, 5.41) is 0. The SMILES string of the molecule is CC(C)(C)OC(=O)[C@@H]1C2CCC(C2)[C@@H]1C(=O)OC(C)(C)C. The first kappa shape index (κ1) is 16.3. The first-order valence-corrected chi connectivity index (χ1v) is 7.94. The molecule has 0 amide bonds. The normalized spacial score (nSPS) is 32.1. The molecule has 0 spiro atoms. The molecule has 0 heterocycles. The van der Waals surface area contributed by atoms with Gasteiger partial charge >= 0.3 is 11.9 Å². The van der Waals surface area contributed by atoms with E-state index in [4.69, 9.17) is 9.47 Å². The zero-order chi connectivity index (χ0) is 16.0. The summed E-state index contributed by atoms with van der Waals surface area (Å²) in [5.41, 5.74) is -1.03. The third kappa shape index (κ3) is 3.78. The molecule has 4 heteroatoms. The smallest absolute Gasteiger partial charge is 0.310 e. The van der Waals surface area contributed by atoms with Crippen LogP contribution in [0.25, 0.3) is 0 Å². The fourth-order valence-electron chi connectivity index (χ4n) is 3.71. The predicted molar refractivity (Wildman–Crippen MR) is 79.5 cm³/mol. The molecule has 2 bridgehead atoms. The molecule has 0 aliphatic heterocycles.